The largest absolute Gasteiger partial charge is 0.424 e. The number of aryl methyl sites for hydroxylation is 1. The standard InChI is InChI=1S/C20H33N3O.ClH/c1-2-3-4-5-6-7-8-9-11-17-12-13-18-19(16-17)24-20(23-18)22-15-10-14-21;/h12-13,16H,2-11,14-15,21H2,1H3,(H,22,23);1H. The van der Waals surface area contributed by atoms with Crippen molar-refractivity contribution < 1.29 is 4.42 Å². The molecule has 0 aliphatic carbocycles. The average molecular weight is 368 g/mol. The average Bonchev–Trinajstić information content (AvgIpc) is 2.99. The molecule has 0 amide bonds. The number of fused-ring (bicyclic) bond motifs is 1. The van der Waals surface area contributed by atoms with Crippen LogP contribution in [0.4, 0.5) is 6.01 Å². The molecule has 1 aromatic carbocycles. The number of aromatic nitrogens is 1. The van der Waals surface area contributed by atoms with E-state index in [2.05, 4.69) is 35.4 Å². The number of hydrogen-bond acceptors (Lipinski definition) is 4. The summed E-state index contributed by atoms with van der Waals surface area (Å²) in [6.45, 7) is 3.75. The van der Waals surface area contributed by atoms with Crippen LogP contribution in [0.3, 0.4) is 0 Å². The van der Waals surface area contributed by atoms with Crippen LogP contribution in [0.5, 0.6) is 0 Å². The number of unbranched alkanes of at least 4 members (excludes halogenated alkanes) is 7. The van der Waals surface area contributed by atoms with E-state index in [0.29, 0.717) is 12.6 Å². The van der Waals surface area contributed by atoms with Crippen LogP contribution in [0.25, 0.3) is 11.1 Å². The second kappa shape index (κ2) is 13.0. The third-order valence-electron chi connectivity index (χ3n) is 4.43. The van der Waals surface area contributed by atoms with Gasteiger partial charge in [0.05, 0.1) is 0 Å². The fourth-order valence-electron chi connectivity index (χ4n) is 2.96. The number of benzene rings is 1. The molecule has 0 saturated heterocycles. The molecule has 0 fully saturated rings. The van der Waals surface area contributed by atoms with Crippen LogP contribution in [0, 0.1) is 0 Å². The molecule has 0 atom stereocenters. The molecule has 0 saturated carbocycles. The molecule has 25 heavy (non-hydrogen) atoms. The van der Waals surface area contributed by atoms with Gasteiger partial charge < -0.3 is 15.5 Å². The van der Waals surface area contributed by atoms with E-state index in [-0.39, 0.29) is 12.4 Å². The predicted molar refractivity (Wildman–Crippen MR) is 110 cm³/mol. The van der Waals surface area contributed by atoms with Crippen molar-refractivity contribution in [3.05, 3.63) is 23.8 Å². The van der Waals surface area contributed by atoms with Crippen LogP contribution in [0.1, 0.15) is 70.3 Å². The maximum atomic E-state index is 5.77. The van der Waals surface area contributed by atoms with Gasteiger partial charge in [0.15, 0.2) is 5.58 Å². The molecule has 4 nitrogen and oxygen atoms in total. The molecule has 1 aromatic heterocycles. The van der Waals surface area contributed by atoms with Crippen molar-refractivity contribution in [3.8, 4) is 0 Å². The number of nitrogens with zero attached hydrogens (tertiary/aromatic N) is 1. The number of anilines is 1. The molecule has 142 valence electrons. The van der Waals surface area contributed by atoms with E-state index in [1.54, 1.807) is 0 Å². The van der Waals surface area contributed by atoms with E-state index >= 15 is 0 Å². The van der Waals surface area contributed by atoms with Gasteiger partial charge in [-0.3, -0.25) is 0 Å². The van der Waals surface area contributed by atoms with Crippen molar-refractivity contribution in [3.63, 3.8) is 0 Å². The number of oxazole rings is 1. The molecule has 0 radical (unpaired) electrons. The second-order valence-corrected chi connectivity index (χ2v) is 6.61. The minimum atomic E-state index is 0. The minimum Gasteiger partial charge on any atom is -0.424 e. The maximum absolute atomic E-state index is 5.77. The molecule has 0 aliphatic heterocycles. The van der Waals surface area contributed by atoms with Crippen molar-refractivity contribution in [2.45, 2.75) is 71.1 Å². The SMILES string of the molecule is CCCCCCCCCCc1ccc2nc(NCCCN)oc2c1.Cl. The molecule has 0 unspecified atom stereocenters. The molecule has 1 heterocycles. The molecular formula is C20H34ClN3O. The first kappa shape index (κ1) is 21.8. The van der Waals surface area contributed by atoms with Crippen molar-refractivity contribution in [1.29, 1.82) is 0 Å². The zero-order valence-electron chi connectivity index (χ0n) is 15.6. The van der Waals surface area contributed by atoms with E-state index < -0.39 is 0 Å². The van der Waals surface area contributed by atoms with Crippen LogP contribution < -0.4 is 11.1 Å². The number of rotatable bonds is 13. The summed E-state index contributed by atoms with van der Waals surface area (Å²) in [5.41, 5.74) is 8.64. The first-order chi connectivity index (χ1) is 11.8. The lowest BCUT2D eigenvalue weighted by Crippen LogP contribution is -2.08. The highest BCUT2D eigenvalue weighted by atomic mass is 35.5. The monoisotopic (exact) mass is 367 g/mol. The summed E-state index contributed by atoms with van der Waals surface area (Å²) in [5.74, 6) is 0. The van der Waals surface area contributed by atoms with Gasteiger partial charge in [-0.2, -0.15) is 4.98 Å². The second-order valence-electron chi connectivity index (χ2n) is 6.61. The number of nitrogens with one attached hydrogen (secondary N) is 1. The van der Waals surface area contributed by atoms with Crippen LogP contribution in [-0.2, 0) is 6.42 Å². The first-order valence-corrected chi connectivity index (χ1v) is 9.67. The lowest BCUT2D eigenvalue weighted by Gasteiger charge is -2.02. The van der Waals surface area contributed by atoms with Gasteiger partial charge in [0, 0.05) is 6.54 Å². The Morgan fingerprint density at radius 2 is 1.72 bits per heavy atom. The topological polar surface area (TPSA) is 64.1 Å². The van der Waals surface area contributed by atoms with Crippen molar-refractivity contribution in [2.24, 2.45) is 5.73 Å². The number of hydrogen-bond donors (Lipinski definition) is 2. The molecular weight excluding hydrogens is 334 g/mol. The Kier molecular flexibility index (Phi) is 11.3. The Labute approximate surface area is 158 Å². The fraction of sp³-hybridized carbons (Fsp3) is 0.650. The third-order valence-corrected chi connectivity index (χ3v) is 4.43. The number of nitrogens with two attached hydrogens (primary N) is 1. The molecule has 2 rings (SSSR count). The highest BCUT2D eigenvalue weighted by Gasteiger charge is 2.06. The smallest absolute Gasteiger partial charge is 0.295 e. The third kappa shape index (κ3) is 8.10. The Bertz CT molecular complexity index is 585. The Balaban J connectivity index is 0.00000312. The highest BCUT2D eigenvalue weighted by Crippen LogP contribution is 2.21. The van der Waals surface area contributed by atoms with E-state index in [1.807, 2.05) is 0 Å². The summed E-state index contributed by atoms with van der Waals surface area (Å²) in [4.78, 5) is 4.45. The van der Waals surface area contributed by atoms with Crippen LogP contribution >= 0.6 is 12.4 Å². The van der Waals surface area contributed by atoms with Crippen LogP contribution in [0.15, 0.2) is 22.6 Å². The summed E-state index contributed by atoms with van der Waals surface area (Å²) in [5, 5.41) is 3.18. The van der Waals surface area contributed by atoms with E-state index in [4.69, 9.17) is 10.2 Å². The molecule has 0 aliphatic rings. The van der Waals surface area contributed by atoms with E-state index in [9.17, 15) is 0 Å². The summed E-state index contributed by atoms with van der Waals surface area (Å²) >= 11 is 0. The molecule has 0 bridgehead atoms. The van der Waals surface area contributed by atoms with E-state index in [1.165, 1.54) is 56.9 Å². The summed E-state index contributed by atoms with van der Waals surface area (Å²) in [6, 6.07) is 6.98. The zero-order chi connectivity index (χ0) is 17.0. The quantitative estimate of drug-likeness (QED) is 0.446. The maximum Gasteiger partial charge on any atom is 0.295 e. The summed E-state index contributed by atoms with van der Waals surface area (Å²) in [7, 11) is 0. The fourth-order valence-corrected chi connectivity index (χ4v) is 2.96. The zero-order valence-corrected chi connectivity index (χ0v) is 16.4. The lowest BCUT2D eigenvalue weighted by molar-refractivity contribution is 0.575. The molecule has 3 N–H and O–H groups in total. The normalized spacial score (nSPS) is 10.8. The van der Waals surface area contributed by atoms with Gasteiger partial charge in [-0.25, -0.2) is 0 Å². The first-order valence-electron chi connectivity index (χ1n) is 9.67. The summed E-state index contributed by atoms with van der Waals surface area (Å²) in [6.07, 6.45) is 12.9. The van der Waals surface area contributed by atoms with Crippen molar-refractivity contribution >= 4 is 29.5 Å². The molecule has 5 heteroatoms. The van der Waals surface area contributed by atoms with Gasteiger partial charge in [-0.05, 0) is 43.5 Å². The molecule has 2 aromatic rings. The van der Waals surface area contributed by atoms with Crippen molar-refractivity contribution in [2.75, 3.05) is 18.4 Å². The van der Waals surface area contributed by atoms with E-state index in [0.717, 1.165) is 30.5 Å². The Morgan fingerprint density at radius 3 is 2.44 bits per heavy atom. The van der Waals surface area contributed by atoms with Gasteiger partial charge in [0.1, 0.15) is 5.52 Å². The minimum absolute atomic E-state index is 0. The Hall–Kier alpha value is -1.26. The number of halogens is 1. The predicted octanol–water partition coefficient (Wildman–Crippen LogP) is 5.69. The van der Waals surface area contributed by atoms with Crippen LogP contribution in [-0.4, -0.2) is 18.1 Å². The van der Waals surface area contributed by atoms with Gasteiger partial charge in [0.2, 0.25) is 0 Å². The van der Waals surface area contributed by atoms with Gasteiger partial charge in [-0.1, -0.05) is 57.9 Å². The molecule has 0 spiro atoms. The van der Waals surface area contributed by atoms with Crippen LogP contribution in [0.2, 0.25) is 0 Å². The van der Waals surface area contributed by atoms with Gasteiger partial charge in [-0.15, -0.1) is 12.4 Å². The van der Waals surface area contributed by atoms with Gasteiger partial charge >= 0.3 is 0 Å². The highest BCUT2D eigenvalue weighted by molar-refractivity contribution is 5.85. The summed E-state index contributed by atoms with van der Waals surface area (Å²) < 4.78 is 5.77. The Morgan fingerprint density at radius 1 is 1.00 bits per heavy atom. The van der Waals surface area contributed by atoms with Gasteiger partial charge in [0.25, 0.3) is 6.01 Å². The van der Waals surface area contributed by atoms with Crippen molar-refractivity contribution in [1.82, 2.24) is 4.98 Å². The lowest BCUT2D eigenvalue weighted by atomic mass is 10.0.